The summed E-state index contributed by atoms with van der Waals surface area (Å²) in [5, 5.41) is 11.3. The van der Waals surface area contributed by atoms with Gasteiger partial charge in [-0.05, 0) is 43.5 Å². The molecule has 1 heterocycles. The van der Waals surface area contributed by atoms with E-state index in [2.05, 4.69) is 4.90 Å². The van der Waals surface area contributed by atoms with E-state index >= 15 is 0 Å². The standard InChI is InChI=1S/C17H22ClNO2/c18-15-6-4-13(5-7-15)16(20)12-19-10-9-17(21)8-2-1-3-14(17)11-19/h4-7,14,21H,1-3,8-12H2. The van der Waals surface area contributed by atoms with Crippen LogP contribution in [0.2, 0.25) is 5.02 Å². The van der Waals surface area contributed by atoms with Crippen LogP contribution in [-0.4, -0.2) is 41.0 Å². The van der Waals surface area contributed by atoms with Gasteiger partial charge in [-0.15, -0.1) is 0 Å². The molecule has 3 nitrogen and oxygen atoms in total. The summed E-state index contributed by atoms with van der Waals surface area (Å²) in [6.45, 7) is 2.09. The molecule has 114 valence electrons. The van der Waals surface area contributed by atoms with Crippen molar-refractivity contribution in [1.82, 2.24) is 4.90 Å². The summed E-state index contributed by atoms with van der Waals surface area (Å²) in [5.41, 5.74) is 0.238. The molecule has 1 aromatic carbocycles. The normalized spacial score (nSPS) is 29.9. The van der Waals surface area contributed by atoms with E-state index < -0.39 is 5.60 Å². The second-order valence-corrected chi connectivity index (χ2v) is 6.90. The van der Waals surface area contributed by atoms with Gasteiger partial charge in [0.15, 0.2) is 5.78 Å². The van der Waals surface area contributed by atoms with Crippen molar-refractivity contribution in [3.63, 3.8) is 0 Å². The van der Waals surface area contributed by atoms with Crippen LogP contribution >= 0.6 is 11.6 Å². The molecule has 0 spiro atoms. The second kappa shape index (κ2) is 6.07. The Balaban J connectivity index is 1.61. The number of nitrogens with zero attached hydrogens (tertiary/aromatic N) is 1. The van der Waals surface area contributed by atoms with Gasteiger partial charge < -0.3 is 5.11 Å². The molecule has 1 aliphatic heterocycles. The van der Waals surface area contributed by atoms with Crippen LogP contribution < -0.4 is 0 Å². The van der Waals surface area contributed by atoms with Crippen LogP contribution in [0.1, 0.15) is 42.5 Å². The van der Waals surface area contributed by atoms with Gasteiger partial charge in [0.05, 0.1) is 12.1 Å². The number of piperidine rings is 1. The molecule has 1 saturated heterocycles. The molecule has 1 N–H and O–H groups in total. The maximum atomic E-state index is 12.3. The molecule has 0 radical (unpaired) electrons. The largest absolute Gasteiger partial charge is 0.390 e. The third kappa shape index (κ3) is 3.31. The molecule has 21 heavy (non-hydrogen) atoms. The van der Waals surface area contributed by atoms with Crippen LogP contribution in [0, 0.1) is 5.92 Å². The number of hydrogen-bond acceptors (Lipinski definition) is 3. The van der Waals surface area contributed by atoms with E-state index in [1.54, 1.807) is 24.3 Å². The van der Waals surface area contributed by atoms with E-state index in [9.17, 15) is 9.90 Å². The predicted octanol–water partition coefficient (Wildman–Crippen LogP) is 3.15. The minimum absolute atomic E-state index is 0.132. The van der Waals surface area contributed by atoms with Crippen molar-refractivity contribution in [2.45, 2.75) is 37.7 Å². The number of hydrogen-bond donors (Lipinski definition) is 1. The fourth-order valence-electron chi connectivity index (χ4n) is 3.71. The summed E-state index contributed by atoms with van der Waals surface area (Å²) in [5.74, 6) is 0.464. The molecule has 4 heteroatoms. The first kappa shape index (κ1) is 15.0. The Kier molecular flexibility index (Phi) is 4.34. The number of ketones is 1. The van der Waals surface area contributed by atoms with Crippen molar-refractivity contribution >= 4 is 17.4 Å². The summed E-state index contributed by atoms with van der Waals surface area (Å²) in [6.07, 6.45) is 5.15. The highest BCUT2D eigenvalue weighted by atomic mass is 35.5. The monoisotopic (exact) mass is 307 g/mol. The van der Waals surface area contributed by atoms with E-state index in [1.165, 1.54) is 6.42 Å². The molecule has 1 aromatic rings. The molecule has 2 unspecified atom stereocenters. The van der Waals surface area contributed by atoms with Gasteiger partial charge in [0.1, 0.15) is 0 Å². The van der Waals surface area contributed by atoms with Gasteiger partial charge in [-0.2, -0.15) is 0 Å². The van der Waals surface area contributed by atoms with E-state index in [0.717, 1.165) is 38.8 Å². The van der Waals surface area contributed by atoms with E-state index in [4.69, 9.17) is 11.6 Å². The van der Waals surface area contributed by atoms with E-state index in [0.29, 0.717) is 23.0 Å². The minimum atomic E-state index is -0.474. The average Bonchev–Trinajstić information content (AvgIpc) is 2.48. The highest BCUT2D eigenvalue weighted by Crippen LogP contribution is 2.39. The summed E-state index contributed by atoms with van der Waals surface area (Å²) < 4.78 is 0. The van der Waals surface area contributed by atoms with Crippen LogP contribution in [0.15, 0.2) is 24.3 Å². The lowest BCUT2D eigenvalue weighted by Gasteiger charge is -2.47. The first-order chi connectivity index (χ1) is 10.1. The van der Waals surface area contributed by atoms with Crippen molar-refractivity contribution in [3.8, 4) is 0 Å². The third-order valence-corrected chi connectivity index (χ3v) is 5.30. The number of fused-ring (bicyclic) bond motifs is 1. The summed E-state index contributed by atoms with van der Waals surface area (Å²) >= 11 is 5.85. The molecule has 3 rings (SSSR count). The smallest absolute Gasteiger partial charge is 0.176 e. The zero-order chi connectivity index (χ0) is 14.9. The van der Waals surface area contributed by atoms with Crippen molar-refractivity contribution in [3.05, 3.63) is 34.9 Å². The molecule has 0 amide bonds. The zero-order valence-corrected chi connectivity index (χ0v) is 13.0. The Bertz CT molecular complexity index is 516. The topological polar surface area (TPSA) is 40.5 Å². The Morgan fingerprint density at radius 2 is 2.05 bits per heavy atom. The lowest BCUT2D eigenvalue weighted by Crippen LogP contribution is -2.54. The molecule has 0 bridgehead atoms. The van der Waals surface area contributed by atoms with Gasteiger partial charge in [0, 0.05) is 29.6 Å². The highest BCUT2D eigenvalue weighted by molar-refractivity contribution is 6.30. The fourth-order valence-corrected chi connectivity index (χ4v) is 3.84. The maximum Gasteiger partial charge on any atom is 0.176 e. The number of rotatable bonds is 3. The number of Topliss-reactive ketones (excluding diaryl/α,β-unsaturated/α-hetero) is 1. The van der Waals surface area contributed by atoms with Gasteiger partial charge in [0.2, 0.25) is 0 Å². The lowest BCUT2D eigenvalue weighted by atomic mass is 9.71. The summed E-state index contributed by atoms with van der Waals surface area (Å²) in [6, 6.07) is 7.08. The third-order valence-electron chi connectivity index (χ3n) is 5.05. The highest BCUT2D eigenvalue weighted by Gasteiger charge is 2.42. The Labute approximate surface area is 130 Å². The molecule has 1 saturated carbocycles. The molecular formula is C17H22ClNO2. The van der Waals surface area contributed by atoms with Crippen molar-refractivity contribution in [2.75, 3.05) is 19.6 Å². The molecular weight excluding hydrogens is 286 g/mol. The number of benzene rings is 1. The van der Waals surface area contributed by atoms with Gasteiger partial charge in [-0.25, -0.2) is 0 Å². The van der Waals surface area contributed by atoms with Crippen LogP contribution in [0.25, 0.3) is 0 Å². The van der Waals surface area contributed by atoms with Crippen molar-refractivity contribution in [1.29, 1.82) is 0 Å². The van der Waals surface area contributed by atoms with Crippen molar-refractivity contribution in [2.24, 2.45) is 5.92 Å². The van der Waals surface area contributed by atoms with Crippen LogP contribution in [0.4, 0.5) is 0 Å². The van der Waals surface area contributed by atoms with Gasteiger partial charge in [0.25, 0.3) is 0 Å². The number of carbonyl (C=O) groups excluding carboxylic acids is 1. The van der Waals surface area contributed by atoms with Gasteiger partial charge in [-0.3, -0.25) is 9.69 Å². The average molecular weight is 308 g/mol. The fraction of sp³-hybridized carbons (Fsp3) is 0.588. The van der Waals surface area contributed by atoms with Crippen LogP contribution in [0.5, 0.6) is 0 Å². The molecule has 0 aromatic heterocycles. The lowest BCUT2D eigenvalue weighted by molar-refractivity contribution is -0.0936. The van der Waals surface area contributed by atoms with E-state index in [-0.39, 0.29) is 5.78 Å². The summed E-state index contributed by atoms with van der Waals surface area (Å²) in [4.78, 5) is 14.5. The first-order valence-electron chi connectivity index (χ1n) is 7.80. The predicted molar refractivity (Wildman–Crippen MR) is 83.7 cm³/mol. The number of halogens is 1. The zero-order valence-electron chi connectivity index (χ0n) is 12.2. The summed E-state index contributed by atoms with van der Waals surface area (Å²) in [7, 11) is 0. The molecule has 2 aliphatic rings. The number of likely N-dealkylation sites (tertiary alicyclic amines) is 1. The maximum absolute atomic E-state index is 12.3. The van der Waals surface area contributed by atoms with Crippen LogP contribution in [-0.2, 0) is 0 Å². The van der Waals surface area contributed by atoms with E-state index in [1.807, 2.05) is 0 Å². The number of aliphatic hydroxyl groups is 1. The quantitative estimate of drug-likeness (QED) is 0.872. The second-order valence-electron chi connectivity index (χ2n) is 6.46. The molecule has 2 fully saturated rings. The molecule has 2 atom stereocenters. The first-order valence-corrected chi connectivity index (χ1v) is 8.18. The Hall–Kier alpha value is -0.900. The Morgan fingerprint density at radius 1 is 1.29 bits per heavy atom. The van der Waals surface area contributed by atoms with Gasteiger partial charge >= 0.3 is 0 Å². The number of carbonyl (C=O) groups is 1. The van der Waals surface area contributed by atoms with Crippen LogP contribution in [0.3, 0.4) is 0 Å². The van der Waals surface area contributed by atoms with Gasteiger partial charge in [-0.1, -0.05) is 24.4 Å². The minimum Gasteiger partial charge on any atom is -0.390 e. The Morgan fingerprint density at radius 3 is 2.81 bits per heavy atom. The van der Waals surface area contributed by atoms with Crippen molar-refractivity contribution < 1.29 is 9.90 Å². The SMILES string of the molecule is O=C(CN1CCC2(O)CCCCC2C1)c1ccc(Cl)cc1. The molecule has 1 aliphatic carbocycles.